The van der Waals surface area contributed by atoms with Crippen LogP contribution in [0.4, 0.5) is 0 Å². The molecule has 0 amide bonds. The third kappa shape index (κ3) is 4.50. The number of halogens is 1. The Hall–Kier alpha value is -0.530. The highest BCUT2D eigenvalue weighted by molar-refractivity contribution is 6.31. The molecule has 0 saturated heterocycles. The molecule has 1 nitrogen and oxygen atoms in total. The van der Waals surface area contributed by atoms with E-state index in [1.807, 2.05) is 12.1 Å². The third-order valence-electron chi connectivity index (χ3n) is 4.51. The molecule has 1 unspecified atom stereocenters. The second-order valence-electron chi connectivity index (χ2n) is 6.11. The van der Waals surface area contributed by atoms with Gasteiger partial charge in [0.25, 0.3) is 0 Å². The lowest BCUT2D eigenvalue weighted by molar-refractivity contribution is 0.273. The van der Waals surface area contributed by atoms with Crippen molar-refractivity contribution in [1.29, 1.82) is 0 Å². The number of hydrogen-bond acceptors (Lipinski definition) is 1. The summed E-state index contributed by atoms with van der Waals surface area (Å²) >= 11 is 6.22. The minimum absolute atomic E-state index is 0.344. The van der Waals surface area contributed by atoms with E-state index in [9.17, 15) is 0 Å². The van der Waals surface area contributed by atoms with Crippen LogP contribution in [-0.4, -0.2) is 6.54 Å². The molecule has 2 heteroatoms. The van der Waals surface area contributed by atoms with Gasteiger partial charge in [-0.2, -0.15) is 0 Å². The molecule has 0 radical (unpaired) electrons. The van der Waals surface area contributed by atoms with Crippen molar-refractivity contribution in [1.82, 2.24) is 5.32 Å². The van der Waals surface area contributed by atoms with Gasteiger partial charge in [-0.25, -0.2) is 0 Å². The molecule has 1 atom stereocenters. The maximum absolute atomic E-state index is 6.22. The average molecular weight is 280 g/mol. The summed E-state index contributed by atoms with van der Waals surface area (Å²) in [6, 6.07) is 8.47. The fourth-order valence-corrected chi connectivity index (χ4v) is 3.36. The quantitative estimate of drug-likeness (QED) is 0.780. The number of hydrogen-bond donors (Lipinski definition) is 1. The summed E-state index contributed by atoms with van der Waals surface area (Å²) in [5, 5.41) is 4.48. The SMILES string of the molecule is CC1CCC(CCNC(C)c2ccccc2Cl)CC1. The largest absolute Gasteiger partial charge is 0.310 e. The molecule has 0 spiro atoms. The van der Waals surface area contributed by atoms with E-state index in [1.165, 1.54) is 37.7 Å². The standard InChI is InChI=1S/C17H26ClN/c1-13-7-9-15(10-8-13)11-12-19-14(2)16-5-3-4-6-17(16)18/h3-6,13-15,19H,7-12H2,1-2H3. The summed E-state index contributed by atoms with van der Waals surface area (Å²) in [6.07, 6.45) is 6.99. The van der Waals surface area contributed by atoms with Crippen LogP contribution in [0.3, 0.4) is 0 Å². The minimum Gasteiger partial charge on any atom is -0.310 e. The third-order valence-corrected chi connectivity index (χ3v) is 4.85. The summed E-state index contributed by atoms with van der Waals surface area (Å²) in [6.45, 7) is 5.68. The highest BCUT2D eigenvalue weighted by atomic mass is 35.5. The van der Waals surface area contributed by atoms with Crippen LogP contribution in [0.5, 0.6) is 0 Å². The fourth-order valence-electron chi connectivity index (χ4n) is 3.06. The van der Waals surface area contributed by atoms with Gasteiger partial charge < -0.3 is 5.32 Å². The molecular weight excluding hydrogens is 254 g/mol. The Balaban J connectivity index is 1.72. The van der Waals surface area contributed by atoms with Crippen molar-refractivity contribution in [3.8, 4) is 0 Å². The van der Waals surface area contributed by atoms with Crippen molar-refractivity contribution in [2.45, 2.75) is 52.0 Å². The Kier molecular flexibility index (Phi) is 5.72. The average Bonchev–Trinajstić information content (AvgIpc) is 2.41. The normalized spacial score (nSPS) is 25.2. The Bertz CT molecular complexity index is 383. The van der Waals surface area contributed by atoms with Crippen LogP contribution < -0.4 is 5.32 Å². The Morgan fingerprint density at radius 3 is 2.58 bits per heavy atom. The van der Waals surface area contributed by atoms with Crippen molar-refractivity contribution in [3.05, 3.63) is 34.9 Å². The lowest BCUT2D eigenvalue weighted by atomic mass is 9.81. The summed E-state index contributed by atoms with van der Waals surface area (Å²) < 4.78 is 0. The molecule has 1 aromatic rings. The van der Waals surface area contributed by atoms with Gasteiger partial charge in [0.1, 0.15) is 0 Å². The summed E-state index contributed by atoms with van der Waals surface area (Å²) in [5.41, 5.74) is 1.21. The molecule has 19 heavy (non-hydrogen) atoms. The first-order valence-corrected chi connectivity index (χ1v) is 8.02. The van der Waals surface area contributed by atoms with Gasteiger partial charge in [-0.1, -0.05) is 62.4 Å². The van der Waals surface area contributed by atoms with Crippen molar-refractivity contribution in [2.24, 2.45) is 11.8 Å². The lowest BCUT2D eigenvalue weighted by Crippen LogP contribution is -2.23. The summed E-state index contributed by atoms with van der Waals surface area (Å²) in [7, 11) is 0. The van der Waals surface area contributed by atoms with Crippen molar-refractivity contribution >= 4 is 11.6 Å². The molecule has 1 aliphatic carbocycles. The first kappa shape index (κ1) is 14.9. The van der Waals surface area contributed by atoms with Crippen molar-refractivity contribution in [2.75, 3.05) is 6.54 Å². The van der Waals surface area contributed by atoms with Gasteiger partial charge in [-0.15, -0.1) is 0 Å². The highest BCUT2D eigenvalue weighted by Gasteiger charge is 2.18. The van der Waals surface area contributed by atoms with E-state index in [0.29, 0.717) is 6.04 Å². The van der Waals surface area contributed by atoms with E-state index in [0.717, 1.165) is 23.4 Å². The van der Waals surface area contributed by atoms with Crippen molar-refractivity contribution < 1.29 is 0 Å². The van der Waals surface area contributed by atoms with Gasteiger partial charge in [0.2, 0.25) is 0 Å². The first-order chi connectivity index (χ1) is 9.16. The van der Waals surface area contributed by atoms with Crippen LogP contribution in [0.25, 0.3) is 0 Å². The van der Waals surface area contributed by atoms with Gasteiger partial charge in [0.15, 0.2) is 0 Å². The molecule has 0 bridgehead atoms. The van der Waals surface area contributed by atoms with Gasteiger partial charge in [0, 0.05) is 11.1 Å². The van der Waals surface area contributed by atoms with Crippen LogP contribution >= 0.6 is 11.6 Å². The maximum atomic E-state index is 6.22. The van der Waals surface area contributed by atoms with Gasteiger partial charge in [0.05, 0.1) is 0 Å². The number of benzene rings is 1. The van der Waals surface area contributed by atoms with Crippen molar-refractivity contribution in [3.63, 3.8) is 0 Å². The van der Waals surface area contributed by atoms with Crippen LogP contribution in [0.2, 0.25) is 5.02 Å². The van der Waals surface area contributed by atoms with E-state index in [-0.39, 0.29) is 0 Å². The van der Waals surface area contributed by atoms with Crippen LogP contribution in [0.1, 0.15) is 57.6 Å². The zero-order chi connectivity index (χ0) is 13.7. The Morgan fingerprint density at radius 1 is 1.21 bits per heavy atom. The maximum Gasteiger partial charge on any atom is 0.0453 e. The zero-order valence-corrected chi connectivity index (χ0v) is 12.9. The predicted octanol–water partition coefficient (Wildman–Crippen LogP) is 5.21. The van der Waals surface area contributed by atoms with E-state index in [4.69, 9.17) is 11.6 Å². The molecule has 0 aliphatic heterocycles. The summed E-state index contributed by atoms with van der Waals surface area (Å²) in [5.74, 6) is 1.88. The molecule has 1 N–H and O–H groups in total. The van der Waals surface area contributed by atoms with E-state index in [1.54, 1.807) is 0 Å². The first-order valence-electron chi connectivity index (χ1n) is 7.64. The van der Waals surface area contributed by atoms with Gasteiger partial charge in [-0.05, 0) is 43.4 Å². The highest BCUT2D eigenvalue weighted by Crippen LogP contribution is 2.30. The predicted molar refractivity (Wildman–Crippen MR) is 83.6 cm³/mol. The Labute approximate surface area is 122 Å². The number of nitrogens with one attached hydrogen (secondary N) is 1. The summed E-state index contributed by atoms with van der Waals surface area (Å²) in [4.78, 5) is 0. The number of rotatable bonds is 5. The monoisotopic (exact) mass is 279 g/mol. The topological polar surface area (TPSA) is 12.0 Å². The molecule has 2 rings (SSSR count). The molecule has 1 saturated carbocycles. The molecule has 0 aromatic heterocycles. The second-order valence-corrected chi connectivity index (χ2v) is 6.52. The molecule has 0 heterocycles. The second kappa shape index (κ2) is 7.31. The Morgan fingerprint density at radius 2 is 1.89 bits per heavy atom. The van der Waals surface area contributed by atoms with Crippen LogP contribution in [0, 0.1) is 11.8 Å². The fraction of sp³-hybridized carbons (Fsp3) is 0.647. The van der Waals surface area contributed by atoms with Gasteiger partial charge in [-0.3, -0.25) is 0 Å². The smallest absolute Gasteiger partial charge is 0.0453 e. The molecule has 1 fully saturated rings. The lowest BCUT2D eigenvalue weighted by Gasteiger charge is -2.26. The molecule has 106 valence electrons. The molecule has 1 aromatic carbocycles. The molecular formula is C17H26ClN. The van der Waals surface area contributed by atoms with E-state index in [2.05, 4.69) is 31.3 Å². The van der Waals surface area contributed by atoms with Crippen LogP contribution in [-0.2, 0) is 0 Å². The van der Waals surface area contributed by atoms with E-state index < -0.39 is 0 Å². The zero-order valence-electron chi connectivity index (χ0n) is 12.2. The van der Waals surface area contributed by atoms with Gasteiger partial charge >= 0.3 is 0 Å². The minimum atomic E-state index is 0.344. The van der Waals surface area contributed by atoms with Crippen LogP contribution in [0.15, 0.2) is 24.3 Å². The molecule has 1 aliphatic rings. The van der Waals surface area contributed by atoms with E-state index >= 15 is 0 Å².